The van der Waals surface area contributed by atoms with Gasteiger partial charge in [-0.25, -0.2) is 4.68 Å². The molecule has 0 radical (unpaired) electrons. The van der Waals surface area contributed by atoms with E-state index in [1.54, 1.807) is 11.6 Å². The molecule has 2 aromatic rings. The quantitative estimate of drug-likeness (QED) is 0.853. The van der Waals surface area contributed by atoms with E-state index in [-0.39, 0.29) is 12.5 Å². The van der Waals surface area contributed by atoms with Gasteiger partial charge >= 0.3 is 5.97 Å². The van der Waals surface area contributed by atoms with Crippen LogP contribution >= 0.6 is 15.9 Å². The number of nitrogens with one attached hydrogen (secondary N) is 1. The van der Waals surface area contributed by atoms with Crippen LogP contribution in [0.15, 0.2) is 34.9 Å². The summed E-state index contributed by atoms with van der Waals surface area (Å²) in [6.07, 6.45) is 1.48. The van der Waals surface area contributed by atoms with E-state index >= 15 is 0 Å². The number of benzene rings is 1. The first kappa shape index (κ1) is 15.2. The maximum absolute atomic E-state index is 12.0. The van der Waals surface area contributed by atoms with E-state index in [1.165, 1.54) is 13.3 Å². The molecule has 6 nitrogen and oxygen atoms in total. The molecule has 0 unspecified atom stereocenters. The summed E-state index contributed by atoms with van der Waals surface area (Å²) >= 11 is 3.37. The highest BCUT2D eigenvalue weighted by Gasteiger charge is 2.15. The average Bonchev–Trinajstić information content (AvgIpc) is 2.87. The summed E-state index contributed by atoms with van der Waals surface area (Å²) < 4.78 is 7.10. The van der Waals surface area contributed by atoms with E-state index in [9.17, 15) is 9.59 Å². The molecular formula is C14H14BrN3O3. The molecule has 0 saturated heterocycles. The maximum Gasteiger partial charge on any atom is 0.325 e. The summed E-state index contributed by atoms with van der Waals surface area (Å²) in [4.78, 5) is 23.0. The minimum absolute atomic E-state index is 0.168. The van der Waals surface area contributed by atoms with Crippen molar-refractivity contribution in [2.45, 2.75) is 6.92 Å². The predicted octanol–water partition coefficient (Wildman–Crippen LogP) is 1.85. The Morgan fingerprint density at radius 1 is 1.33 bits per heavy atom. The van der Waals surface area contributed by atoms with Gasteiger partial charge in [0, 0.05) is 4.47 Å². The van der Waals surface area contributed by atoms with Gasteiger partial charge in [-0.1, -0.05) is 15.9 Å². The van der Waals surface area contributed by atoms with E-state index in [0.717, 1.165) is 10.2 Å². The number of hydrogen-bond donors (Lipinski definition) is 1. The average molecular weight is 352 g/mol. The Morgan fingerprint density at radius 3 is 2.62 bits per heavy atom. The van der Waals surface area contributed by atoms with Gasteiger partial charge in [-0.2, -0.15) is 5.10 Å². The molecule has 0 aliphatic rings. The fraction of sp³-hybridized carbons (Fsp3) is 0.214. The number of carbonyl (C=O) groups excluding carboxylic acids is 2. The fourth-order valence-electron chi connectivity index (χ4n) is 1.79. The molecule has 2 rings (SSSR count). The first-order valence-electron chi connectivity index (χ1n) is 6.18. The molecule has 0 fully saturated rings. The van der Waals surface area contributed by atoms with Gasteiger partial charge in [0.2, 0.25) is 0 Å². The minimum atomic E-state index is -0.499. The lowest BCUT2D eigenvalue weighted by Crippen LogP contribution is -2.30. The van der Waals surface area contributed by atoms with Gasteiger partial charge in [-0.05, 0) is 31.2 Å². The van der Waals surface area contributed by atoms with E-state index < -0.39 is 5.97 Å². The number of rotatable bonds is 4. The van der Waals surface area contributed by atoms with Crippen molar-refractivity contribution in [3.8, 4) is 5.69 Å². The molecule has 0 aliphatic heterocycles. The van der Waals surface area contributed by atoms with Crippen molar-refractivity contribution in [2.75, 3.05) is 13.7 Å². The zero-order valence-corrected chi connectivity index (χ0v) is 13.2. The van der Waals surface area contributed by atoms with Crippen molar-refractivity contribution in [1.82, 2.24) is 15.1 Å². The smallest absolute Gasteiger partial charge is 0.325 e. The molecule has 0 spiro atoms. The Morgan fingerprint density at radius 2 is 2.00 bits per heavy atom. The molecule has 1 aromatic heterocycles. The molecule has 1 amide bonds. The molecule has 1 N–H and O–H groups in total. The Kier molecular flexibility index (Phi) is 4.74. The predicted molar refractivity (Wildman–Crippen MR) is 80.4 cm³/mol. The zero-order chi connectivity index (χ0) is 15.4. The van der Waals surface area contributed by atoms with Crippen LogP contribution in [0, 0.1) is 6.92 Å². The van der Waals surface area contributed by atoms with Crippen molar-refractivity contribution in [3.63, 3.8) is 0 Å². The second-order valence-corrected chi connectivity index (χ2v) is 5.21. The lowest BCUT2D eigenvalue weighted by molar-refractivity contribution is -0.139. The molecule has 21 heavy (non-hydrogen) atoms. The summed E-state index contributed by atoms with van der Waals surface area (Å²) in [5.41, 5.74) is 1.96. The van der Waals surface area contributed by atoms with E-state index in [2.05, 4.69) is 31.1 Å². The largest absolute Gasteiger partial charge is 0.468 e. The zero-order valence-electron chi connectivity index (χ0n) is 11.6. The Balaban J connectivity index is 2.18. The molecule has 0 bridgehead atoms. The van der Waals surface area contributed by atoms with Gasteiger partial charge in [-0.15, -0.1) is 0 Å². The van der Waals surface area contributed by atoms with Gasteiger partial charge in [0.25, 0.3) is 5.91 Å². The van der Waals surface area contributed by atoms with Crippen molar-refractivity contribution >= 4 is 27.8 Å². The summed E-state index contributed by atoms with van der Waals surface area (Å²) in [5.74, 6) is -0.859. The normalized spacial score (nSPS) is 10.2. The van der Waals surface area contributed by atoms with Crippen LogP contribution in [-0.4, -0.2) is 35.3 Å². The third kappa shape index (κ3) is 3.49. The molecule has 1 heterocycles. The minimum Gasteiger partial charge on any atom is -0.468 e. The molecule has 7 heteroatoms. The third-order valence-electron chi connectivity index (χ3n) is 2.95. The van der Waals surface area contributed by atoms with Crippen LogP contribution in [-0.2, 0) is 9.53 Å². The highest BCUT2D eigenvalue weighted by Crippen LogP contribution is 2.17. The number of nitrogens with zero attached hydrogens (tertiary/aromatic N) is 2. The fourth-order valence-corrected chi connectivity index (χ4v) is 2.06. The van der Waals surface area contributed by atoms with Crippen LogP contribution in [0.25, 0.3) is 5.69 Å². The Hall–Kier alpha value is -2.15. The molecule has 0 atom stereocenters. The molecule has 1 aromatic carbocycles. The second-order valence-electron chi connectivity index (χ2n) is 4.29. The lowest BCUT2D eigenvalue weighted by Gasteiger charge is -2.06. The summed E-state index contributed by atoms with van der Waals surface area (Å²) in [5, 5.41) is 6.70. The van der Waals surface area contributed by atoms with Crippen molar-refractivity contribution in [1.29, 1.82) is 0 Å². The van der Waals surface area contributed by atoms with Gasteiger partial charge in [0.1, 0.15) is 6.54 Å². The van der Waals surface area contributed by atoms with Crippen molar-refractivity contribution < 1.29 is 14.3 Å². The van der Waals surface area contributed by atoms with Crippen LogP contribution < -0.4 is 5.32 Å². The Bertz CT molecular complexity index is 665. The number of hydrogen-bond acceptors (Lipinski definition) is 4. The van der Waals surface area contributed by atoms with Crippen LogP contribution in [0.3, 0.4) is 0 Å². The summed E-state index contributed by atoms with van der Waals surface area (Å²) in [6, 6.07) is 7.57. The van der Waals surface area contributed by atoms with Crippen molar-refractivity contribution in [3.05, 3.63) is 46.2 Å². The number of aromatic nitrogens is 2. The van der Waals surface area contributed by atoms with Crippen LogP contribution in [0.5, 0.6) is 0 Å². The number of halogens is 1. The van der Waals surface area contributed by atoms with E-state index in [1.807, 2.05) is 24.3 Å². The Labute approximate surface area is 130 Å². The van der Waals surface area contributed by atoms with E-state index in [4.69, 9.17) is 0 Å². The van der Waals surface area contributed by atoms with Gasteiger partial charge < -0.3 is 10.1 Å². The standard InChI is InChI=1S/C14H14BrN3O3/c1-9-12(14(20)16-8-13(19)21-2)7-17-18(9)11-5-3-10(15)4-6-11/h3-7H,8H2,1-2H3,(H,16,20). The van der Waals surface area contributed by atoms with Crippen molar-refractivity contribution in [2.24, 2.45) is 0 Å². The molecular weight excluding hydrogens is 338 g/mol. The topological polar surface area (TPSA) is 73.2 Å². The van der Waals surface area contributed by atoms with Gasteiger partial charge in [-0.3, -0.25) is 9.59 Å². The second kappa shape index (κ2) is 6.53. The summed E-state index contributed by atoms with van der Waals surface area (Å²) in [6.45, 7) is 1.63. The monoisotopic (exact) mass is 351 g/mol. The first-order valence-corrected chi connectivity index (χ1v) is 6.98. The molecule has 0 saturated carbocycles. The van der Waals surface area contributed by atoms with Crippen LogP contribution in [0.2, 0.25) is 0 Å². The maximum atomic E-state index is 12.0. The number of carbonyl (C=O) groups is 2. The van der Waals surface area contributed by atoms with Gasteiger partial charge in [0.05, 0.1) is 30.3 Å². The SMILES string of the molecule is COC(=O)CNC(=O)c1cnn(-c2ccc(Br)cc2)c1C. The number of amides is 1. The highest BCUT2D eigenvalue weighted by molar-refractivity contribution is 9.10. The third-order valence-corrected chi connectivity index (χ3v) is 3.48. The highest BCUT2D eigenvalue weighted by atomic mass is 79.9. The number of methoxy groups -OCH3 is 1. The van der Waals surface area contributed by atoms with E-state index in [0.29, 0.717) is 11.3 Å². The molecule has 0 aliphatic carbocycles. The molecule has 110 valence electrons. The summed E-state index contributed by atoms with van der Waals surface area (Å²) in [7, 11) is 1.27. The van der Waals surface area contributed by atoms with Crippen LogP contribution in [0.4, 0.5) is 0 Å². The number of ether oxygens (including phenoxy) is 1. The lowest BCUT2D eigenvalue weighted by atomic mass is 10.2. The first-order chi connectivity index (χ1) is 10.0. The van der Waals surface area contributed by atoms with Gasteiger partial charge in [0.15, 0.2) is 0 Å². The van der Waals surface area contributed by atoms with Crippen LogP contribution in [0.1, 0.15) is 16.1 Å². The number of esters is 1.